The number of carbonyl (C=O) groups excluding carboxylic acids is 1. The zero-order chi connectivity index (χ0) is 17.1. The lowest BCUT2D eigenvalue weighted by molar-refractivity contribution is 0.0783. The number of amides is 1. The van der Waals surface area contributed by atoms with Gasteiger partial charge >= 0.3 is 0 Å². The number of hydrogen-bond donors (Lipinski definition) is 0. The van der Waals surface area contributed by atoms with Crippen molar-refractivity contribution in [3.05, 3.63) is 46.7 Å². The first kappa shape index (κ1) is 16.8. The average Bonchev–Trinajstić information content (AvgIpc) is 3.17. The Balaban J connectivity index is 1.68. The predicted molar refractivity (Wildman–Crippen MR) is 93.5 cm³/mol. The van der Waals surface area contributed by atoms with E-state index in [9.17, 15) is 4.79 Å². The molecule has 0 saturated carbocycles. The third-order valence-corrected chi connectivity index (χ3v) is 4.56. The molecule has 0 radical (unpaired) electrons. The number of hydrogen-bond acceptors (Lipinski definition) is 3. The summed E-state index contributed by atoms with van der Waals surface area (Å²) in [6, 6.07) is 5.20. The molecule has 2 heterocycles. The van der Waals surface area contributed by atoms with Gasteiger partial charge in [0, 0.05) is 31.4 Å². The molecule has 1 atom stereocenters. The van der Waals surface area contributed by atoms with Gasteiger partial charge in [-0.15, -0.1) is 0 Å². The topological polar surface area (TPSA) is 47.4 Å². The van der Waals surface area contributed by atoms with Crippen LogP contribution in [0.25, 0.3) is 0 Å². The summed E-state index contributed by atoms with van der Waals surface area (Å²) in [6.45, 7) is 3.94. The summed E-state index contributed by atoms with van der Waals surface area (Å²) >= 11 is 6.02. The molecule has 128 valence electrons. The van der Waals surface area contributed by atoms with Gasteiger partial charge in [0.25, 0.3) is 5.91 Å². The molecule has 1 aliphatic heterocycles. The fourth-order valence-corrected chi connectivity index (χ4v) is 3.37. The van der Waals surface area contributed by atoms with Gasteiger partial charge in [-0.3, -0.25) is 9.48 Å². The molecule has 1 fully saturated rings. The Labute approximate surface area is 147 Å². The van der Waals surface area contributed by atoms with E-state index in [1.165, 1.54) is 5.56 Å². The second kappa shape index (κ2) is 7.26. The first-order chi connectivity index (χ1) is 11.6. The smallest absolute Gasteiger partial charge is 0.257 e. The van der Waals surface area contributed by atoms with Crippen LogP contribution in [0, 0.1) is 5.92 Å². The maximum Gasteiger partial charge on any atom is 0.257 e. The summed E-state index contributed by atoms with van der Waals surface area (Å²) < 4.78 is 7.40. The molecule has 24 heavy (non-hydrogen) atoms. The Kier molecular flexibility index (Phi) is 5.09. The van der Waals surface area contributed by atoms with Crippen LogP contribution in [0.4, 0.5) is 0 Å². The van der Waals surface area contributed by atoms with Gasteiger partial charge in [-0.1, -0.05) is 11.6 Å². The molecule has 0 spiro atoms. The van der Waals surface area contributed by atoms with E-state index < -0.39 is 0 Å². The number of aromatic nitrogens is 2. The molecule has 1 aromatic carbocycles. The van der Waals surface area contributed by atoms with Gasteiger partial charge in [-0.2, -0.15) is 5.10 Å². The summed E-state index contributed by atoms with van der Waals surface area (Å²) in [6.07, 6.45) is 5.91. The molecular formula is C18H22ClN3O2. The molecule has 1 aromatic heterocycles. The minimum atomic E-state index is 0.0174. The zero-order valence-electron chi connectivity index (χ0n) is 14.0. The molecule has 2 aromatic rings. The van der Waals surface area contributed by atoms with E-state index in [0.717, 1.165) is 25.9 Å². The third kappa shape index (κ3) is 3.73. The summed E-state index contributed by atoms with van der Waals surface area (Å²) in [7, 11) is 1.92. The lowest BCUT2D eigenvalue weighted by Crippen LogP contribution is -2.29. The Morgan fingerprint density at radius 1 is 1.46 bits per heavy atom. The maximum absolute atomic E-state index is 12.8. The van der Waals surface area contributed by atoms with Gasteiger partial charge < -0.3 is 9.64 Å². The second-order valence-corrected chi connectivity index (χ2v) is 6.64. The molecule has 1 saturated heterocycles. The predicted octanol–water partition coefficient (Wildman–Crippen LogP) is 3.18. The Morgan fingerprint density at radius 3 is 3.00 bits per heavy atom. The number of nitrogens with zero attached hydrogens (tertiary/aromatic N) is 3. The number of ether oxygens (including phenoxy) is 1. The Morgan fingerprint density at radius 2 is 2.29 bits per heavy atom. The first-order valence-electron chi connectivity index (χ1n) is 8.26. The van der Waals surface area contributed by atoms with E-state index in [4.69, 9.17) is 16.3 Å². The Bertz CT molecular complexity index is 729. The molecule has 1 aliphatic rings. The summed E-state index contributed by atoms with van der Waals surface area (Å²) in [4.78, 5) is 14.8. The average molecular weight is 348 g/mol. The highest BCUT2D eigenvalue weighted by Gasteiger charge is 2.28. The van der Waals surface area contributed by atoms with Crippen molar-refractivity contribution >= 4 is 17.5 Å². The van der Waals surface area contributed by atoms with Crippen molar-refractivity contribution in [1.29, 1.82) is 0 Å². The lowest BCUT2D eigenvalue weighted by atomic mass is 10.0. The van der Waals surface area contributed by atoms with Crippen LogP contribution in [0.15, 0.2) is 30.6 Å². The molecule has 0 N–H and O–H groups in total. The van der Waals surface area contributed by atoms with Crippen LogP contribution in [-0.4, -0.2) is 40.3 Å². The summed E-state index contributed by atoms with van der Waals surface area (Å²) in [5, 5.41) is 4.78. The van der Waals surface area contributed by atoms with E-state index in [1.807, 2.05) is 35.9 Å². The maximum atomic E-state index is 12.8. The number of benzene rings is 1. The second-order valence-electron chi connectivity index (χ2n) is 6.21. The van der Waals surface area contributed by atoms with Crippen molar-refractivity contribution in [3.63, 3.8) is 0 Å². The highest BCUT2D eigenvalue weighted by Crippen LogP contribution is 2.28. The molecule has 1 amide bonds. The number of halogens is 1. The Hall–Kier alpha value is -2.01. The number of rotatable bonds is 5. The number of likely N-dealkylation sites (tertiary alicyclic amines) is 1. The van der Waals surface area contributed by atoms with Gasteiger partial charge in [0.2, 0.25) is 0 Å². The largest absolute Gasteiger partial charge is 0.493 e. The van der Waals surface area contributed by atoms with Crippen LogP contribution in [-0.2, 0) is 13.5 Å². The van der Waals surface area contributed by atoms with Crippen molar-refractivity contribution in [3.8, 4) is 5.75 Å². The van der Waals surface area contributed by atoms with Gasteiger partial charge in [0.15, 0.2) is 0 Å². The molecular weight excluding hydrogens is 326 g/mol. The van der Waals surface area contributed by atoms with Crippen molar-refractivity contribution in [1.82, 2.24) is 14.7 Å². The minimum Gasteiger partial charge on any atom is -0.493 e. The van der Waals surface area contributed by atoms with Crippen LogP contribution in [0.1, 0.15) is 29.3 Å². The van der Waals surface area contributed by atoms with Gasteiger partial charge in [0.1, 0.15) is 5.75 Å². The zero-order valence-corrected chi connectivity index (χ0v) is 14.8. The lowest BCUT2D eigenvalue weighted by Gasteiger charge is -2.18. The molecule has 0 unspecified atom stereocenters. The molecule has 5 nitrogen and oxygen atoms in total. The molecule has 3 rings (SSSR count). The van der Waals surface area contributed by atoms with Crippen LogP contribution >= 0.6 is 11.6 Å². The van der Waals surface area contributed by atoms with Crippen LogP contribution < -0.4 is 4.74 Å². The minimum absolute atomic E-state index is 0.0174. The SMILES string of the molecule is CCOc1cc(Cl)ccc1C(=O)N1CC[C@@H](Cc2cnn(C)c2)C1. The van der Waals surface area contributed by atoms with Gasteiger partial charge in [0.05, 0.1) is 18.4 Å². The molecule has 0 bridgehead atoms. The van der Waals surface area contributed by atoms with Crippen molar-refractivity contribution in [2.24, 2.45) is 13.0 Å². The standard InChI is InChI=1S/C18H22ClN3O2/c1-3-24-17-9-15(19)4-5-16(17)18(23)22-7-6-13(12-22)8-14-10-20-21(2)11-14/h4-5,9-11,13H,3,6-8,12H2,1-2H3/t13-/m0/s1. The number of carbonyl (C=O) groups is 1. The molecule has 6 heteroatoms. The fourth-order valence-electron chi connectivity index (χ4n) is 3.21. The first-order valence-corrected chi connectivity index (χ1v) is 8.63. The monoisotopic (exact) mass is 347 g/mol. The van der Waals surface area contributed by atoms with Crippen LogP contribution in [0.5, 0.6) is 5.75 Å². The molecule has 0 aliphatic carbocycles. The van der Waals surface area contributed by atoms with Crippen molar-refractivity contribution < 1.29 is 9.53 Å². The number of aryl methyl sites for hydroxylation is 1. The van der Waals surface area contributed by atoms with E-state index in [-0.39, 0.29) is 5.91 Å². The van der Waals surface area contributed by atoms with Crippen molar-refractivity contribution in [2.75, 3.05) is 19.7 Å². The highest BCUT2D eigenvalue weighted by atomic mass is 35.5. The van der Waals surface area contributed by atoms with Crippen LogP contribution in [0.3, 0.4) is 0 Å². The van der Waals surface area contributed by atoms with Crippen LogP contribution in [0.2, 0.25) is 5.02 Å². The van der Waals surface area contributed by atoms with E-state index in [1.54, 1.807) is 18.2 Å². The summed E-state index contributed by atoms with van der Waals surface area (Å²) in [5.41, 5.74) is 1.81. The van der Waals surface area contributed by atoms with Crippen molar-refractivity contribution in [2.45, 2.75) is 19.8 Å². The fraction of sp³-hybridized carbons (Fsp3) is 0.444. The van der Waals surface area contributed by atoms with Gasteiger partial charge in [-0.05, 0) is 49.4 Å². The quantitative estimate of drug-likeness (QED) is 0.834. The third-order valence-electron chi connectivity index (χ3n) is 4.33. The normalized spacial score (nSPS) is 17.3. The summed E-state index contributed by atoms with van der Waals surface area (Å²) in [5.74, 6) is 1.05. The van der Waals surface area contributed by atoms with E-state index in [2.05, 4.69) is 5.10 Å². The van der Waals surface area contributed by atoms with E-state index >= 15 is 0 Å². The highest BCUT2D eigenvalue weighted by molar-refractivity contribution is 6.30. The van der Waals surface area contributed by atoms with Gasteiger partial charge in [-0.25, -0.2) is 0 Å². The van der Waals surface area contributed by atoms with E-state index in [0.29, 0.717) is 28.9 Å².